The average molecular weight is 302 g/mol. The number of nitrogens with one attached hydrogen (secondary N) is 1. The minimum absolute atomic E-state index is 0.0389. The molecule has 0 radical (unpaired) electrons. The van der Waals surface area contributed by atoms with Crippen molar-refractivity contribution in [2.24, 2.45) is 0 Å². The second-order valence-corrected chi connectivity index (χ2v) is 4.48. The van der Waals surface area contributed by atoms with E-state index in [1.165, 1.54) is 18.2 Å². The van der Waals surface area contributed by atoms with Gasteiger partial charge in [-0.25, -0.2) is 0 Å². The molecule has 2 aromatic carbocycles. The first-order valence-electron chi connectivity index (χ1n) is 5.76. The average Bonchev–Trinajstić information content (AvgIpc) is 2.47. The Morgan fingerprint density at radius 2 is 2.05 bits per heavy atom. The van der Waals surface area contributed by atoms with E-state index in [1.54, 1.807) is 18.2 Å². The van der Waals surface area contributed by atoms with Gasteiger partial charge in [0.05, 0.1) is 16.6 Å². The molecule has 0 aliphatic carbocycles. The van der Waals surface area contributed by atoms with Gasteiger partial charge in [-0.05, 0) is 30.3 Å². The number of amides is 1. The van der Waals surface area contributed by atoms with E-state index in [1.807, 2.05) is 6.07 Å². The smallest absolute Gasteiger partial charge is 0.288 e. The summed E-state index contributed by atoms with van der Waals surface area (Å²) in [5.74, 6) is -0.523. The zero-order valence-electron chi connectivity index (χ0n) is 10.5. The summed E-state index contributed by atoms with van der Waals surface area (Å²) in [6, 6.07) is 12.1. The lowest BCUT2D eigenvalue weighted by molar-refractivity contribution is -0.384. The fourth-order valence-corrected chi connectivity index (χ4v) is 1.85. The largest absolute Gasteiger partial charge is 0.322 e. The molecule has 0 heterocycles. The van der Waals surface area contributed by atoms with Gasteiger partial charge in [-0.1, -0.05) is 17.7 Å². The maximum absolute atomic E-state index is 12.0. The predicted molar refractivity (Wildman–Crippen MR) is 77.2 cm³/mol. The van der Waals surface area contributed by atoms with Gasteiger partial charge in [0, 0.05) is 17.3 Å². The number of anilines is 1. The highest BCUT2D eigenvalue weighted by Gasteiger charge is 2.16. The van der Waals surface area contributed by atoms with Gasteiger partial charge in [-0.3, -0.25) is 14.9 Å². The van der Waals surface area contributed by atoms with E-state index in [4.69, 9.17) is 16.9 Å². The number of hydrogen-bond acceptors (Lipinski definition) is 4. The number of nitrogens with zero attached hydrogens (tertiary/aromatic N) is 2. The lowest BCUT2D eigenvalue weighted by Gasteiger charge is -2.06. The van der Waals surface area contributed by atoms with Gasteiger partial charge < -0.3 is 5.32 Å². The zero-order valence-corrected chi connectivity index (χ0v) is 11.3. The molecule has 1 N–H and O–H groups in total. The van der Waals surface area contributed by atoms with Crippen molar-refractivity contribution < 1.29 is 9.72 Å². The molecule has 104 valence electrons. The number of nitro groups is 1. The fraction of sp³-hybridized carbons (Fsp3) is 0. The molecule has 6 nitrogen and oxygen atoms in total. The number of halogens is 1. The predicted octanol–water partition coefficient (Wildman–Crippen LogP) is 3.37. The van der Waals surface area contributed by atoms with Crippen LogP contribution in [0, 0.1) is 21.4 Å². The molecule has 0 spiro atoms. The third-order valence-corrected chi connectivity index (χ3v) is 2.97. The van der Waals surface area contributed by atoms with E-state index in [0.717, 1.165) is 6.07 Å². The third-order valence-electron chi connectivity index (χ3n) is 2.65. The molecule has 2 aromatic rings. The summed E-state index contributed by atoms with van der Waals surface area (Å²) >= 11 is 5.69. The van der Waals surface area contributed by atoms with Crippen LogP contribution >= 0.6 is 11.6 Å². The number of carbonyl (C=O) groups excluding carboxylic acids is 1. The van der Waals surface area contributed by atoms with Crippen molar-refractivity contribution in [1.82, 2.24) is 0 Å². The molecule has 0 aliphatic rings. The Hall–Kier alpha value is -2.91. The van der Waals surface area contributed by atoms with Crippen molar-refractivity contribution >= 4 is 28.9 Å². The molecule has 0 aliphatic heterocycles. The van der Waals surface area contributed by atoms with Crippen LogP contribution in [0.15, 0.2) is 42.5 Å². The second-order valence-electron chi connectivity index (χ2n) is 4.07. The first kappa shape index (κ1) is 14.5. The molecule has 7 heteroatoms. The highest BCUT2D eigenvalue weighted by molar-refractivity contribution is 6.32. The van der Waals surface area contributed by atoms with Crippen molar-refractivity contribution in [3.63, 3.8) is 0 Å². The molecule has 2 rings (SSSR count). The Morgan fingerprint density at radius 1 is 1.29 bits per heavy atom. The lowest BCUT2D eigenvalue weighted by atomic mass is 10.1. The minimum Gasteiger partial charge on any atom is -0.322 e. The van der Waals surface area contributed by atoms with Gasteiger partial charge in [-0.15, -0.1) is 0 Å². The van der Waals surface area contributed by atoms with E-state index in [9.17, 15) is 14.9 Å². The number of rotatable bonds is 3. The van der Waals surface area contributed by atoms with Gasteiger partial charge in [0.25, 0.3) is 11.6 Å². The number of nitro benzene ring substituents is 1. The van der Waals surface area contributed by atoms with Crippen molar-refractivity contribution in [1.29, 1.82) is 5.26 Å². The topological polar surface area (TPSA) is 96.0 Å². The van der Waals surface area contributed by atoms with Crippen molar-refractivity contribution in [2.75, 3.05) is 5.32 Å². The van der Waals surface area contributed by atoms with Gasteiger partial charge in [0.1, 0.15) is 5.02 Å². The summed E-state index contributed by atoms with van der Waals surface area (Å²) in [7, 11) is 0. The molecule has 0 aromatic heterocycles. The minimum atomic E-state index is -0.657. The standard InChI is InChI=1S/C14H8ClN3O3/c15-12-5-4-10(7-13(12)18(20)21)14(19)17-11-3-1-2-9(6-11)8-16/h1-7H,(H,17,19). The SMILES string of the molecule is N#Cc1cccc(NC(=O)c2ccc(Cl)c([N+](=O)[O-])c2)c1. The van der Waals surface area contributed by atoms with Crippen LogP contribution in [0.3, 0.4) is 0 Å². The summed E-state index contributed by atoms with van der Waals surface area (Å²) in [5, 5.41) is 22.1. The summed E-state index contributed by atoms with van der Waals surface area (Å²) in [6.45, 7) is 0. The summed E-state index contributed by atoms with van der Waals surface area (Å²) in [6.07, 6.45) is 0. The van der Waals surface area contributed by atoms with Gasteiger partial charge >= 0.3 is 0 Å². The number of carbonyl (C=O) groups is 1. The van der Waals surface area contributed by atoms with Crippen LogP contribution in [0.2, 0.25) is 5.02 Å². The monoisotopic (exact) mass is 301 g/mol. The highest BCUT2D eigenvalue weighted by Crippen LogP contribution is 2.25. The third kappa shape index (κ3) is 3.35. The molecule has 21 heavy (non-hydrogen) atoms. The molecule has 0 bridgehead atoms. The van der Waals surface area contributed by atoms with Crippen molar-refractivity contribution in [3.05, 3.63) is 68.7 Å². The Bertz CT molecular complexity index is 768. The van der Waals surface area contributed by atoms with E-state index in [2.05, 4.69) is 5.32 Å². The second kappa shape index (κ2) is 6.03. The normalized spacial score (nSPS) is 9.71. The molecule has 0 saturated carbocycles. The van der Waals surface area contributed by atoms with Crippen LogP contribution < -0.4 is 5.32 Å². The van der Waals surface area contributed by atoms with E-state index >= 15 is 0 Å². The van der Waals surface area contributed by atoms with Gasteiger partial charge in [0.2, 0.25) is 0 Å². The molecule has 0 fully saturated rings. The van der Waals surface area contributed by atoms with E-state index in [0.29, 0.717) is 11.3 Å². The van der Waals surface area contributed by atoms with Crippen LogP contribution in [0.4, 0.5) is 11.4 Å². The van der Waals surface area contributed by atoms with Crippen molar-refractivity contribution in [2.45, 2.75) is 0 Å². The van der Waals surface area contributed by atoms with E-state index < -0.39 is 10.8 Å². The van der Waals surface area contributed by atoms with Crippen LogP contribution in [0.1, 0.15) is 15.9 Å². The first-order valence-corrected chi connectivity index (χ1v) is 6.14. The van der Waals surface area contributed by atoms with Crippen LogP contribution in [0.5, 0.6) is 0 Å². The maximum atomic E-state index is 12.0. The molecule has 0 saturated heterocycles. The van der Waals surface area contributed by atoms with Gasteiger partial charge in [-0.2, -0.15) is 5.26 Å². The fourth-order valence-electron chi connectivity index (χ4n) is 1.66. The Kier molecular flexibility index (Phi) is 4.16. The summed E-state index contributed by atoms with van der Waals surface area (Å²) in [4.78, 5) is 22.2. The summed E-state index contributed by atoms with van der Waals surface area (Å²) in [5.41, 5.74) is 0.593. The Morgan fingerprint density at radius 3 is 2.71 bits per heavy atom. The van der Waals surface area contributed by atoms with Crippen LogP contribution in [-0.4, -0.2) is 10.8 Å². The Labute approximate surface area is 124 Å². The molecular weight excluding hydrogens is 294 g/mol. The zero-order chi connectivity index (χ0) is 15.4. The van der Waals surface area contributed by atoms with Crippen LogP contribution in [0.25, 0.3) is 0 Å². The molecule has 0 unspecified atom stereocenters. The summed E-state index contributed by atoms with van der Waals surface area (Å²) < 4.78 is 0. The number of hydrogen-bond donors (Lipinski definition) is 1. The van der Waals surface area contributed by atoms with E-state index in [-0.39, 0.29) is 16.3 Å². The Balaban J connectivity index is 2.26. The maximum Gasteiger partial charge on any atom is 0.288 e. The first-order chi connectivity index (χ1) is 10.0. The molecular formula is C14H8ClN3O3. The van der Waals surface area contributed by atoms with Crippen LogP contribution in [-0.2, 0) is 0 Å². The highest BCUT2D eigenvalue weighted by atomic mass is 35.5. The van der Waals surface area contributed by atoms with Crippen molar-refractivity contribution in [3.8, 4) is 6.07 Å². The number of nitriles is 1. The molecule has 1 amide bonds. The lowest BCUT2D eigenvalue weighted by Crippen LogP contribution is -2.12. The van der Waals surface area contributed by atoms with Gasteiger partial charge in [0.15, 0.2) is 0 Å². The molecule has 0 atom stereocenters. The number of benzene rings is 2. The quantitative estimate of drug-likeness (QED) is 0.694.